The van der Waals surface area contributed by atoms with E-state index in [2.05, 4.69) is 10.3 Å². The van der Waals surface area contributed by atoms with Crippen molar-refractivity contribution in [2.45, 2.75) is 26.3 Å². The Hall–Kier alpha value is -1.13. The first kappa shape index (κ1) is 9.95. The fourth-order valence-electron chi connectivity index (χ4n) is 1.04. The van der Waals surface area contributed by atoms with Crippen LogP contribution in [0, 0.1) is 0 Å². The van der Waals surface area contributed by atoms with Crippen molar-refractivity contribution in [3.05, 3.63) is 12.4 Å². The van der Waals surface area contributed by atoms with Crippen molar-refractivity contribution in [3.63, 3.8) is 0 Å². The highest BCUT2D eigenvalue weighted by molar-refractivity contribution is 5.26. The molecule has 0 aliphatic carbocycles. The van der Waals surface area contributed by atoms with Crippen molar-refractivity contribution < 1.29 is 8.78 Å². The van der Waals surface area contributed by atoms with Crippen molar-refractivity contribution in [2.75, 3.05) is 11.9 Å². The zero-order valence-corrected chi connectivity index (χ0v) is 7.67. The Morgan fingerprint density at radius 2 is 2.23 bits per heavy atom. The van der Waals surface area contributed by atoms with E-state index in [4.69, 9.17) is 0 Å². The molecule has 74 valence electrons. The molecule has 0 radical (unpaired) electrons. The molecule has 0 bridgehead atoms. The predicted octanol–water partition coefficient (Wildman–Crippen LogP) is 2.14. The van der Waals surface area contributed by atoms with Crippen LogP contribution in [0.2, 0.25) is 0 Å². The molecule has 0 aliphatic heterocycles. The molecular formula is C8H13F2N3. The molecular weight excluding hydrogens is 176 g/mol. The van der Waals surface area contributed by atoms with E-state index in [1.165, 1.54) is 0 Å². The normalized spacial score (nSPS) is 11.2. The molecule has 0 aliphatic rings. The van der Waals surface area contributed by atoms with E-state index in [-0.39, 0.29) is 12.6 Å². The maximum atomic E-state index is 11.9. The largest absolute Gasteiger partial charge is 0.350 e. The predicted molar refractivity (Wildman–Crippen MR) is 47.1 cm³/mol. The molecule has 13 heavy (non-hydrogen) atoms. The molecule has 0 unspecified atom stereocenters. The van der Waals surface area contributed by atoms with Crippen LogP contribution in [0.1, 0.15) is 19.9 Å². The van der Waals surface area contributed by atoms with Gasteiger partial charge in [-0.15, -0.1) is 0 Å². The molecule has 0 fully saturated rings. The second kappa shape index (κ2) is 4.20. The molecule has 0 amide bonds. The summed E-state index contributed by atoms with van der Waals surface area (Å²) in [6.45, 7) is 3.58. The van der Waals surface area contributed by atoms with Crippen LogP contribution >= 0.6 is 0 Å². The first-order valence-corrected chi connectivity index (χ1v) is 4.16. The van der Waals surface area contributed by atoms with E-state index >= 15 is 0 Å². The third-order valence-corrected chi connectivity index (χ3v) is 1.64. The second-order valence-electron chi connectivity index (χ2n) is 3.02. The van der Waals surface area contributed by atoms with Gasteiger partial charge < -0.3 is 9.88 Å². The summed E-state index contributed by atoms with van der Waals surface area (Å²) in [5.41, 5.74) is 0. The molecule has 0 saturated carbocycles. The first-order valence-electron chi connectivity index (χ1n) is 4.16. The number of imidazole rings is 1. The van der Waals surface area contributed by atoms with Crippen LogP contribution in [0.15, 0.2) is 12.4 Å². The first-order chi connectivity index (χ1) is 6.11. The third kappa shape index (κ3) is 2.68. The lowest BCUT2D eigenvalue weighted by molar-refractivity contribution is 0.163. The molecule has 1 rings (SSSR count). The zero-order valence-electron chi connectivity index (χ0n) is 7.67. The molecule has 0 spiro atoms. The van der Waals surface area contributed by atoms with Gasteiger partial charge in [0, 0.05) is 18.4 Å². The SMILES string of the molecule is CC(C)n1ccnc1NCC(F)F. The monoisotopic (exact) mass is 189 g/mol. The van der Waals surface area contributed by atoms with Crippen molar-refractivity contribution in [1.29, 1.82) is 0 Å². The van der Waals surface area contributed by atoms with Gasteiger partial charge in [0.25, 0.3) is 6.43 Å². The Kier molecular flexibility index (Phi) is 3.22. The van der Waals surface area contributed by atoms with E-state index in [0.717, 1.165) is 0 Å². The number of nitrogens with zero attached hydrogens (tertiary/aromatic N) is 2. The number of nitrogens with one attached hydrogen (secondary N) is 1. The number of rotatable bonds is 4. The maximum absolute atomic E-state index is 11.9. The highest BCUT2D eigenvalue weighted by Crippen LogP contribution is 2.12. The van der Waals surface area contributed by atoms with Gasteiger partial charge in [-0.3, -0.25) is 0 Å². The number of halogens is 2. The van der Waals surface area contributed by atoms with Crippen LogP contribution in [-0.2, 0) is 0 Å². The quantitative estimate of drug-likeness (QED) is 0.786. The molecule has 0 atom stereocenters. The van der Waals surface area contributed by atoms with Crippen molar-refractivity contribution in [2.24, 2.45) is 0 Å². The number of hydrogen-bond acceptors (Lipinski definition) is 2. The molecule has 3 nitrogen and oxygen atoms in total. The molecule has 1 heterocycles. The Morgan fingerprint density at radius 1 is 1.54 bits per heavy atom. The third-order valence-electron chi connectivity index (χ3n) is 1.64. The number of anilines is 1. The van der Waals surface area contributed by atoms with Crippen molar-refractivity contribution in [3.8, 4) is 0 Å². The maximum Gasteiger partial charge on any atom is 0.255 e. The molecule has 0 saturated heterocycles. The van der Waals surface area contributed by atoms with Gasteiger partial charge in [0.05, 0.1) is 6.54 Å². The van der Waals surface area contributed by atoms with E-state index in [0.29, 0.717) is 5.95 Å². The average molecular weight is 189 g/mol. The highest BCUT2D eigenvalue weighted by Gasteiger charge is 2.07. The summed E-state index contributed by atoms with van der Waals surface area (Å²) in [4.78, 5) is 3.93. The van der Waals surface area contributed by atoms with Crippen LogP contribution in [0.25, 0.3) is 0 Å². The summed E-state index contributed by atoms with van der Waals surface area (Å²) in [5.74, 6) is 0.496. The topological polar surface area (TPSA) is 29.9 Å². The minimum absolute atomic E-state index is 0.225. The average Bonchev–Trinajstić information content (AvgIpc) is 2.47. The molecule has 1 N–H and O–H groups in total. The summed E-state index contributed by atoms with van der Waals surface area (Å²) < 4.78 is 25.5. The molecule has 1 aromatic heterocycles. The summed E-state index contributed by atoms with van der Waals surface area (Å²) >= 11 is 0. The van der Waals surface area contributed by atoms with E-state index in [1.807, 2.05) is 18.4 Å². The minimum Gasteiger partial charge on any atom is -0.350 e. The van der Waals surface area contributed by atoms with Crippen LogP contribution in [0.4, 0.5) is 14.7 Å². The van der Waals surface area contributed by atoms with Gasteiger partial charge in [-0.05, 0) is 13.8 Å². The zero-order chi connectivity index (χ0) is 9.84. The molecule has 1 aromatic rings. The fraction of sp³-hybridized carbons (Fsp3) is 0.625. The Morgan fingerprint density at radius 3 is 2.77 bits per heavy atom. The van der Waals surface area contributed by atoms with Crippen LogP contribution in [-0.4, -0.2) is 22.5 Å². The number of aromatic nitrogens is 2. The standard InChI is InChI=1S/C8H13F2N3/c1-6(2)13-4-3-11-8(13)12-5-7(9)10/h3-4,6-7H,5H2,1-2H3,(H,11,12). The van der Waals surface area contributed by atoms with Crippen LogP contribution in [0.5, 0.6) is 0 Å². The van der Waals surface area contributed by atoms with Crippen molar-refractivity contribution >= 4 is 5.95 Å². The van der Waals surface area contributed by atoms with E-state index in [9.17, 15) is 8.78 Å². The second-order valence-corrected chi connectivity index (χ2v) is 3.02. The molecule has 5 heteroatoms. The minimum atomic E-state index is -2.35. The van der Waals surface area contributed by atoms with Crippen LogP contribution in [0.3, 0.4) is 0 Å². The summed E-state index contributed by atoms with van der Waals surface area (Å²) in [5, 5.41) is 2.58. The Labute approximate surface area is 75.8 Å². The van der Waals surface area contributed by atoms with Crippen molar-refractivity contribution in [1.82, 2.24) is 9.55 Å². The summed E-state index contributed by atoms with van der Waals surface area (Å²) in [7, 11) is 0. The Bertz CT molecular complexity index is 258. The van der Waals surface area contributed by atoms with Gasteiger partial charge in [-0.25, -0.2) is 13.8 Å². The van der Waals surface area contributed by atoms with E-state index < -0.39 is 6.43 Å². The number of hydrogen-bond donors (Lipinski definition) is 1. The summed E-state index contributed by atoms with van der Waals surface area (Å²) in [6.07, 6.45) is 1.00. The van der Waals surface area contributed by atoms with Crippen LogP contribution < -0.4 is 5.32 Å². The summed E-state index contributed by atoms with van der Waals surface area (Å²) in [6, 6.07) is 0.225. The number of alkyl halides is 2. The highest BCUT2D eigenvalue weighted by atomic mass is 19.3. The Balaban J connectivity index is 2.60. The van der Waals surface area contributed by atoms with E-state index in [1.54, 1.807) is 12.4 Å². The van der Waals surface area contributed by atoms with Gasteiger partial charge in [0.1, 0.15) is 0 Å². The lowest BCUT2D eigenvalue weighted by Crippen LogP contribution is -2.15. The fourth-order valence-corrected chi connectivity index (χ4v) is 1.04. The van der Waals surface area contributed by atoms with Gasteiger partial charge in [-0.2, -0.15) is 0 Å². The van der Waals surface area contributed by atoms with Gasteiger partial charge in [0.2, 0.25) is 5.95 Å². The van der Waals surface area contributed by atoms with Gasteiger partial charge in [-0.1, -0.05) is 0 Å². The van der Waals surface area contributed by atoms with Gasteiger partial charge >= 0.3 is 0 Å². The lowest BCUT2D eigenvalue weighted by Gasteiger charge is -2.12. The lowest BCUT2D eigenvalue weighted by atomic mass is 10.4. The molecule has 0 aromatic carbocycles. The van der Waals surface area contributed by atoms with Gasteiger partial charge in [0.15, 0.2) is 0 Å². The smallest absolute Gasteiger partial charge is 0.255 e.